The lowest BCUT2D eigenvalue weighted by atomic mass is 10.1. The molecule has 1 fully saturated rings. The summed E-state index contributed by atoms with van der Waals surface area (Å²) < 4.78 is 5.28. The average molecular weight is 340 g/mol. The minimum absolute atomic E-state index is 0.0152. The fraction of sp³-hybridized carbons (Fsp3) is 0.429. The summed E-state index contributed by atoms with van der Waals surface area (Å²) in [6.45, 7) is 8.47. The molecule has 0 aromatic heterocycles. The molecule has 0 radical (unpaired) electrons. The van der Waals surface area contributed by atoms with Gasteiger partial charge in [0.15, 0.2) is 0 Å². The van der Waals surface area contributed by atoms with E-state index >= 15 is 0 Å². The Labute approximate surface area is 150 Å². The maximum atomic E-state index is 9.47. The normalized spacial score (nSPS) is 16.1. The largest absolute Gasteiger partial charge is 0.496 e. The lowest BCUT2D eigenvalue weighted by molar-refractivity contribution is 0.122. The van der Waals surface area contributed by atoms with E-state index in [1.54, 1.807) is 7.11 Å². The average Bonchev–Trinajstić information content (AvgIpc) is 2.63. The molecule has 1 N–H and O–H groups in total. The number of piperazine rings is 1. The van der Waals surface area contributed by atoms with Crippen LogP contribution in [0.2, 0.25) is 0 Å². The van der Waals surface area contributed by atoms with Crippen LogP contribution < -0.4 is 4.74 Å². The molecule has 0 unspecified atom stereocenters. The van der Waals surface area contributed by atoms with E-state index in [9.17, 15) is 5.11 Å². The van der Waals surface area contributed by atoms with Gasteiger partial charge in [0.2, 0.25) is 0 Å². The Morgan fingerprint density at radius 3 is 2.12 bits per heavy atom. The lowest BCUT2D eigenvalue weighted by Gasteiger charge is -2.34. The molecule has 2 aromatic rings. The third kappa shape index (κ3) is 4.82. The lowest BCUT2D eigenvalue weighted by Crippen LogP contribution is -2.45. The summed E-state index contributed by atoms with van der Waals surface area (Å²) in [4.78, 5) is 5.01. The summed E-state index contributed by atoms with van der Waals surface area (Å²) in [5, 5.41) is 9.47. The van der Waals surface area contributed by atoms with E-state index in [-0.39, 0.29) is 6.61 Å². The van der Waals surface area contributed by atoms with Crippen molar-refractivity contribution in [2.45, 2.75) is 26.6 Å². The number of hydrogen-bond donors (Lipinski definition) is 1. The van der Waals surface area contributed by atoms with Gasteiger partial charge in [-0.2, -0.15) is 0 Å². The zero-order valence-corrected chi connectivity index (χ0v) is 15.2. The molecule has 2 aromatic carbocycles. The van der Waals surface area contributed by atoms with Crippen molar-refractivity contribution in [2.75, 3.05) is 33.3 Å². The number of nitrogens with zero attached hydrogens (tertiary/aromatic N) is 2. The van der Waals surface area contributed by atoms with Crippen LogP contribution in [0.5, 0.6) is 5.75 Å². The molecule has 1 aliphatic heterocycles. The van der Waals surface area contributed by atoms with Gasteiger partial charge in [0.25, 0.3) is 0 Å². The molecule has 0 aliphatic carbocycles. The summed E-state index contributed by atoms with van der Waals surface area (Å²) >= 11 is 0. The molecule has 134 valence electrons. The second-order valence-electron chi connectivity index (χ2n) is 6.85. The summed E-state index contributed by atoms with van der Waals surface area (Å²) in [6, 6.07) is 14.9. The molecule has 0 amide bonds. The van der Waals surface area contributed by atoms with Crippen LogP contribution in [0.4, 0.5) is 0 Å². The highest BCUT2D eigenvalue weighted by molar-refractivity contribution is 5.36. The molecular formula is C21H28N2O2. The van der Waals surface area contributed by atoms with Gasteiger partial charge in [-0.15, -0.1) is 0 Å². The van der Waals surface area contributed by atoms with Crippen molar-refractivity contribution in [3.8, 4) is 5.75 Å². The molecule has 0 spiro atoms. The molecule has 4 heteroatoms. The highest BCUT2D eigenvalue weighted by Gasteiger charge is 2.17. The van der Waals surface area contributed by atoms with Crippen molar-refractivity contribution in [2.24, 2.45) is 0 Å². The van der Waals surface area contributed by atoms with Gasteiger partial charge in [-0.25, -0.2) is 0 Å². The van der Waals surface area contributed by atoms with Crippen molar-refractivity contribution in [3.05, 3.63) is 64.7 Å². The number of rotatable bonds is 6. The highest BCUT2D eigenvalue weighted by Crippen LogP contribution is 2.21. The van der Waals surface area contributed by atoms with Gasteiger partial charge >= 0.3 is 0 Å². The summed E-state index contributed by atoms with van der Waals surface area (Å²) in [5.41, 5.74) is 4.82. The Hall–Kier alpha value is -1.88. The maximum Gasteiger partial charge on any atom is 0.124 e. The van der Waals surface area contributed by atoms with Gasteiger partial charge in [0.1, 0.15) is 5.75 Å². The van der Waals surface area contributed by atoms with Crippen molar-refractivity contribution < 1.29 is 9.84 Å². The predicted molar refractivity (Wildman–Crippen MR) is 101 cm³/mol. The topological polar surface area (TPSA) is 35.9 Å². The molecular weight excluding hydrogens is 312 g/mol. The quantitative estimate of drug-likeness (QED) is 0.877. The van der Waals surface area contributed by atoms with E-state index in [2.05, 4.69) is 53.1 Å². The number of aliphatic hydroxyl groups is 1. The maximum absolute atomic E-state index is 9.47. The third-order valence-electron chi connectivity index (χ3n) is 4.87. The number of benzene rings is 2. The van der Waals surface area contributed by atoms with E-state index in [0.717, 1.165) is 50.6 Å². The van der Waals surface area contributed by atoms with Crippen LogP contribution in [0.15, 0.2) is 42.5 Å². The van der Waals surface area contributed by atoms with E-state index in [1.165, 1.54) is 16.7 Å². The number of hydrogen-bond acceptors (Lipinski definition) is 4. The minimum atomic E-state index is 0.0152. The number of methoxy groups -OCH3 is 1. The zero-order chi connectivity index (χ0) is 17.6. The van der Waals surface area contributed by atoms with Gasteiger partial charge in [-0.3, -0.25) is 9.80 Å². The molecule has 1 saturated heterocycles. The van der Waals surface area contributed by atoms with Crippen LogP contribution in [0.25, 0.3) is 0 Å². The fourth-order valence-electron chi connectivity index (χ4n) is 3.49. The van der Waals surface area contributed by atoms with E-state index in [0.29, 0.717) is 0 Å². The van der Waals surface area contributed by atoms with Crippen molar-refractivity contribution >= 4 is 0 Å². The molecule has 0 atom stereocenters. The van der Waals surface area contributed by atoms with E-state index in [4.69, 9.17) is 4.74 Å². The smallest absolute Gasteiger partial charge is 0.124 e. The Morgan fingerprint density at radius 2 is 1.56 bits per heavy atom. The van der Waals surface area contributed by atoms with Crippen LogP contribution >= 0.6 is 0 Å². The third-order valence-corrected chi connectivity index (χ3v) is 4.87. The fourth-order valence-corrected chi connectivity index (χ4v) is 3.49. The van der Waals surface area contributed by atoms with Gasteiger partial charge in [0, 0.05) is 44.8 Å². The molecule has 25 heavy (non-hydrogen) atoms. The minimum Gasteiger partial charge on any atom is -0.496 e. The van der Waals surface area contributed by atoms with Crippen molar-refractivity contribution in [1.29, 1.82) is 0 Å². The van der Waals surface area contributed by atoms with Gasteiger partial charge in [0.05, 0.1) is 13.7 Å². The monoisotopic (exact) mass is 340 g/mol. The van der Waals surface area contributed by atoms with Crippen LogP contribution in [0.1, 0.15) is 22.3 Å². The molecule has 4 nitrogen and oxygen atoms in total. The van der Waals surface area contributed by atoms with Crippen LogP contribution in [-0.2, 0) is 19.7 Å². The number of aryl methyl sites for hydroxylation is 1. The van der Waals surface area contributed by atoms with Crippen LogP contribution in [0, 0.1) is 6.92 Å². The van der Waals surface area contributed by atoms with E-state index < -0.39 is 0 Å². The summed E-state index contributed by atoms with van der Waals surface area (Å²) in [5.74, 6) is 0.759. The van der Waals surface area contributed by atoms with Gasteiger partial charge in [-0.1, -0.05) is 35.9 Å². The Kier molecular flexibility index (Phi) is 6.08. The first-order valence-corrected chi connectivity index (χ1v) is 8.95. The summed E-state index contributed by atoms with van der Waals surface area (Å²) in [7, 11) is 1.64. The second kappa shape index (κ2) is 8.48. The second-order valence-corrected chi connectivity index (χ2v) is 6.85. The number of ether oxygens (including phenoxy) is 1. The van der Waals surface area contributed by atoms with Crippen molar-refractivity contribution in [3.63, 3.8) is 0 Å². The molecule has 1 aliphatic rings. The molecule has 0 saturated carbocycles. The zero-order valence-electron chi connectivity index (χ0n) is 15.2. The number of aliphatic hydroxyl groups excluding tert-OH is 1. The van der Waals surface area contributed by atoms with Crippen LogP contribution in [-0.4, -0.2) is 48.2 Å². The standard InChI is InChI=1S/C21H28N2O2/c1-17-4-3-5-18(12-17)14-22-8-10-23(11-9-22)15-19-6-7-21(25-2)20(13-19)16-24/h3-7,12-13,24H,8-11,14-16H2,1-2H3. The van der Waals surface area contributed by atoms with Gasteiger partial charge < -0.3 is 9.84 Å². The molecule has 3 rings (SSSR count). The SMILES string of the molecule is COc1ccc(CN2CCN(Cc3cccc(C)c3)CC2)cc1CO. The first-order chi connectivity index (χ1) is 12.2. The molecule has 1 heterocycles. The van der Waals surface area contributed by atoms with Crippen LogP contribution in [0.3, 0.4) is 0 Å². The Morgan fingerprint density at radius 1 is 0.920 bits per heavy atom. The first kappa shape index (κ1) is 17.9. The first-order valence-electron chi connectivity index (χ1n) is 8.95. The van der Waals surface area contributed by atoms with E-state index in [1.807, 2.05) is 6.07 Å². The van der Waals surface area contributed by atoms with Gasteiger partial charge in [-0.05, 0) is 30.2 Å². The van der Waals surface area contributed by atoms with Crippen molar-refractivity contribution in [1.82, 2.24) is 9.80 Å². The molecule has 0 bridgehead atoms. The Balaban J connectivity index is 1.52. The Bertz CT molecular complexity index is 694. The highest BCUT2D eigenvalue weighted by atomic mass is 16.5. The predicted octanol–water partition coefficient (Wildman–Crippen LogP) is 2.81. The summed E-state index contributed by atoms with van der Waals surface area (Å²) in [6.07, 6.45) is 0.